The number of nitrogens with zero attached hydrogens (tertiary/aromatic N) is 2. The van der Waals surface area contributed by atoms with E-state index in [1.165, 1.54) is 10.5 Å². The van der Waals surface area contributed by atoms with Crippen LogP contribution in [0.4, 0.5) is 0 Å². The van der Waals surface area contributed by atoms with Crippen LogP contribution in [0.2, 0.25) is 0 Å². The highest BCUT2D eigenvalue weighted by atomic mass is 79.9. The van der Waals surface area contributed by atoms with Crippen molar-refractivity contribution in [3.63, 3.8) is 0 Å². The van der Waals surface area contributed by atoms with Crippen LogP contribution in [0.5, 0.6) is 0 Å². The second kappa shape index (κ2) is 4.35. The van der Waals surface area contributed by atoms with Gasteiger partial charge in [-0.25, -0.2) is 9.97 Å². The summed E-state index contributed by atoms with van der Waals surface area (Å²) >= 11 is 5.33. The number of hydrogen-bond acceptors (Lipinski definition) is 3. The molecule has 94 valence electrons. The average Bonchev–Trinajstić information content (AvgIpc) is 3.00. The SMILES string of the molecule is Brc1cnc2nc(C3CSc4ccccc43)[nH]c2c1. The number of rotatable bonds is 1. The predicted molar refractivity (Wildman–Crippen MR) is 80.6 cm³/mol. The summed E-state index contributed by atoms with van der Waals surface area (Å²) in [4.78, 5) is 13.7. The molecule has 0 fully saturated rings. The Morgan fingerprint density at radius 3 is 3.16 bits per heavy atom. The molecule has 0 aliphatic carbocycles. The summed E-state index contributed by atoms with van der Waals surface area (Å²) in [5.41, 5.74) is 3.14. The Hall–Kier alpha value is -1.33. The number of halogens is 1. The summed E-state index contributed by atoms with van der Waals surface area (Å²) in [6, 6.07) is 10.6. The molecule has 1 aliphatic rings. The first-order valence-corrected chi connectivity index (χ1v) is 7.82. The lowest BCUT2D eigenvalue weighted by molar-refractivity contribution is 0.857. The Balaban J connectivity index is 1.83. The number of H-pyrrole nitrogens is 1. The molecule has 3 nitrogen and oxygen atoms in total. The third-order valence-electron chi connectivity index (χ3n) is 3.35. The number of fused-ring (bicyclic) bond motifs is 2. The molecule has 0 radical (unpaired) electrons. The van der Waals surface area contributed by atoms with Crippen LogP contribution in [0, 0.1) is 0 Å². The fourth-order valence-corrected chi connectivity index (χ4v) is 4.01. The van der Waals surface area contributed by atoms with Crippen LogP contribution in [-0.2, 0) is 0 Å². The largest absolute Gasteiger partial charge is 0.340 e. The van der Waals surface area contributed by atoms with Crippen LogP contribution in [0.3, 0.4) is 0 Å². The van der Waals surface area contributed by atoms with Gasteiger partial charge in [0.2, 0.25) is 0 Å². The number of hydrogen-bond donors (Lipinski definition) is 1. The van der Waals surface area contributed by atoms with Crippen LogP contribution < -0.4 is 0 Å². The Labute approximate surface area is 123 Å². The highest BCUT2D eigenvalue weighted by Crippen LogP contribution is 2.42. The third-order valence-corrected chi connectivity index (χ3v) is 4.97. The van der Waals surface area contributed by atoms with Gasteiger partial charge in [-0.2, -0.15) is 0 Å². The van der Waals surface area contributed by atoms with Gasteiger partial charge in [0.1, 0.15) is 5.82 Å². The van der Waals surface area contributed by atoms with Crippen molar-refractivity contribution in [3.05, 3.63) is 52.4 Å². The molecule has 0 bridgehead atoms. The normalized spacial score (nSPS) is 17.8. The molecule has 19 heavy (non-hydrogen) atoms. The van der Waals surface area contributed by atoms with E-state index >= 15 is 0 Å². The van der Waals surface area contributed by atoms with Crippen molar-refractivity contribution in [2.75, 3.05) is 5.75 Å². The molecule has 0 amide bonds. The summed E-state index contributed by atoms with van der Waals surface area (Å²) < 4.78 is 0.969. The molecular weight excluding hydrogens is 322 g/mol. The number of aromatic amines is 1. The second-order valence-corrected chi connectivity index (χ2v) is 6.53. The molecule has 4 rings (SSSR count). The Morgan fingerprint density at radius 2 is 2.21 bits per heavy atom. The molecular formula is C14H10BrN3S. The van der Waals surface area contributed by atoms with E-state index in [0.29, 0.717) is 5.92 Å². The Morgan fingerprint density at radius 1 is 1.32 bits per heavy atom. The smallest absolute Gasteiger partial charge is 0.177 e. The van der Waals surface area contributed by atoms with Crippen LogP contribution in [0.15, 0.2) is 45.9 Å². The minimum atomic E-state index is 0.342. The quantitative estimate of drug-likeness (QED) is 0.733. The van der Waals surface area contributed by atoms with Crippen molar-refractivity contribution in [1.82, 2.24) is 15.0 Å². The van der Waals surface area contributed by atoms with Gasteiger partial charge in [0.25, 0.3) is 0 Å². The number of benzene rings is 1. The van der Waals surface area contributed by atoms with Gasteiger partial charge in [0.15, 0.2) is 5.65 Å². The lowest BCUT2D eigenvalue weighted by Gasteiger charge is -2.06. The van der Waals surface area contributed by atoms with E-state index in [0.717, 1.165) is 27.2 Å². The first kappa shape index (κ1) is 11.5. The zero-order valence-electron chi connectivity index (χ0n) is 9.93. The van der Waals surface area contributed by atoms with Crippen molar-refractivity contribution in [3.8, 4) is 0 Å². The van der Waals surface area contributed by atoms with Gasteiger partial charge in [0.05, 0.1) is 11.4 Å². The molecule has 1 aliphatic heterocycles. The van der Waals surface area contributed by atoms with Gasteiger partial charge in [-0.3, -0.25) is 0 Å². The number of thioether (sulfide) groups is 1. The number of pyridine rings is 1. The van der Waals surface area contributed by atoms with E-state index in [1.807, 2.05) is 17.8 Å². The van der Waals surface area contributed by atoms with E-state index in [4.69, 9.17) is 0 Å². The molecule has 1 aromatic carbocycles. The molecule has 0 saturated heterocycles. The summed E-state index contributed by atoms with van der Waals surface area (Å²) in [7, 11) is 0. The van der Waals surface area contributed by atoms with Crippen LogP contribution >= 0.6 is 27.7 Å². The number of aromatic nitrogens is 3. The molecule has 0 spiro atoms. The maximum absolute atomic E-state index is 4.63. The molecule has 1 atom stereocenters. The van der Waals surface area contributed by atoms with Crippen molar-refractivity contribution in [2.45, 2.75) is 10.8 Å². The lowest BCUT2D eigenvalue weighted by atomic mass is 10.0. The average molecular weight is 332 g/mol. The Bertz CT molecular complexity index is 768. The maximum Gasteiger partial charge on any atom is 0.177 e. The zero-order valence-corrected chi connectivity index (χ0v) is 12.3. The van der Waals surface area contributed by atoms with Gasteiger partial charge in [0, 0.05) is 21.3 Å². The molecule has 3 heterocycles. The standard InChI is InChI=1S/C14H10BrN3S/c15-8-5-11-14(16-6-8)18-13(17-11)10-7-19-12-4-2-1-3-9(10)12/h1-6,10H,7H2,(H,16,17,18). The minimum Gasteiger partial charge on any atom is -0.340 e. The van der Waals surface area contributed by atoms with Gasteiger partial charge in [-0.1, -0.05) is 18.2 Å². The number of nitrogens with one attached hydrogen (secondary N) is 1. The molecule has 1 unspecified atom stereocenters. The molecule has 0 saturated carbocycles. The zero-order chi connectivity index (χ0) is 12.8. The van der Waals surface area contributed by atoms with Gasteiger partial charge in [-0.05, 0) is 33.6 Å². The fraction of sp³-hybridized carbons (Fsp3) is 0.143. The lowest BCUT2D eigenvalue weighted by Crippen LogP contribution is -2.01. The fourth-order valence-electron chi connectivity index (χ4n) is 2.45. The van der Waals surface area contributed by atoms with Crippen molar-refractivity contribution in [2.24, 2.45) is 0 Å². The highest BCUT2D eigenvalue weighted by molar-refractivity contribution is 9.10. The molecule has 1 N–H and O–H groups in total. The van der Waals surface area contributed by atoms with E-state index in [9.17, 15) is 0 Å². The van der Waals surface area contributed by atoms with E-state index in [1.54, 1.807) is 6.20 Å². The summed E-state index contributed by atoms with van der Waals surface area (Å²) in [5.74, 6) is 2.40. The third kappa shape index (κ3) is 1.88. The van der Waals surface area contributed by atoms with Crippen LogP contribution in [-0.4, -0.2) is 20.7 Å². The predicted octanol–water partition coefficient (Wildman–Crippen LogP) is 3.96. The first-order chi connectivity index (χ1) is 9.31. The highest BCUT2D eigenvalue weighted by Gasteiger charge is 2.26. The Kier molecular flexibility index (Phi) is 2.63. The summed E-state index contributed by atoms with van der Waals surface area (Å²) in [6.07, 6.45) is 1.78. The summed E-state index contributed by atoms with van der Waals surface area (Å²) in [6.45, 7) is 0. The minimum absolute atomic E-state index is 0.342. The number of imidazole rings is 1. The monoisotopic (exact) mass is 331 g/mol. The second-order valence-electron chi connectivity index (χ2n) is 4.55. The van der Waals surface area contributed by atoms with E-state index in [2.05, 4.69) is 55.1 Å². The topological polar surface area (TPSA) is 41.6 Å². The van der Waals surface area contributed by atoms with Crippen LogP contribution in [0.25, 0.3) is 11.2 Å². The van der Waals surface area contributed by atoms with Crippen molar-refractivity contribution < 1.29 is 0 Å². The van der Waals surface area contributed by atoms with Gasteiger partial charge >= 0.3 is 0 Å². The van der Waals surface area contributed by atoms with Crippen LogP contribution in [0.1, 0.15) is 17.3 Å². The first-order valence-electron chi connectivity index (χ1n) is 6.04. The molecule has 2 aromatic heterocycles. The van der Waals surface area contributed by atoms with E-state index < -0.39 is 0 Å². The van der Waals surface area contributed by atoms with Gasteiger partial charge in [-0.15, -0.1) is 11.8 Å². The summed E-state index contributed by atoms with van der Waals surface area (Å²) in [5, 5.41) is 0. The van der Waals surface area contributed by atoms with Crippen molar-refractivity contribution >= 4 is 38.9 Å². The van der Waals surface area contributed by atoms with Crippen molar-refractivity contribution in [1.29, 1.82) is 0 Å². The van der Waals surface area contributed by atoms with E-state index in [-0.39, 0.29) is 0 Å². The molecule has 5 heteroatoms. The van der Waals surface area contributed by atoms with Gasteiger partial charge < -0.3 is 4.98 Å². The molecule has 3 aromatic rings. The maximum atomic E-state index is 4.63.